The van der Waals surface area contributed by atoms with E-state index in [1.807, 2.05) is 18.2 Å². The number of halogens is 1. The molecule has 2 aliphatic rings. The summed E-state index contributed by atoms with van der Waals surface area (Å²) in [5.41, 5.74) is 2.34. The number of nitrogens with zero attached hydrogens (tertiary/aromatic N) is 1. The number of aliphatic imine (C=N–C) groups is 1. The van der Waals surface area contributed by atoms with Crippen molar-refractivity contribution in [3.05, 3.63) is 29.8 Å². The second-order valence-electron chi connectivity index (χ2n) is 8.90. The molecule has 0 saturated heterocycles. The van der Waals surface area contributed by atoms with Gasteiger partial charge >= 0.3 is 0 Å². The van der Waals surface area contributed by atoms with Crippen LogP contribution in [0.15, 0.2) is 29.3 Å². The van der Waals surface area contributed by atoms with Crippen LogP contribution in [0.3, 0.4) is 0 Å². The molecule has 0 spiro atoms. The van der Waals surface area contributed by atoms with Crippen molar-refractivity contribution in [3.8, 4) is 0 Å². The first kappa shape index (κ1) is 25.9. The van der Waals surface area contributed by atoms with Crippen molar-refractivity contribution in [2.75, 3.05) is 32.6 Å². The third-order valence-electron chi connectivity index (χ3n) is 6.74. The van der Waals surface area contributed by atoms with Crippen molar-refractivity contribution in [1.82, 2.24) is 10.6 Å². The molecule has 0 atom stereocenters. The van der Waals surface area contributed by atoms with Crippen molar-refractivity contribution in [2.24, 2.45) is 16.3 Å². The lowest BCUT2D eigenvalue weighted by molar-refractivity contribution is -0.120. The van der Waals surface area contributed by atoms with E-state index >= 15 is 0 Å². The second kappa shape index (κ2) is 13.3. The Morgan fingerprint density at radius 1 is 1.16 bits per heavy atom. The van der Waals surface area contributed by atoms with E-state index in [0.717, 1.165) is 49.6 Å². The molecule has 0 bridgehead atoms. The summed E-state index contributed by atoms with van der Waals surface area (Å²) in [6.45, 7) is 2.40. The van der Waals surface area contributed by atoms with Gasteiger partial charge in [-0.1, -0.05) is 37.8 Å². The van der Waals surface area contributed by atoms with Crippen molar-refractivity contribution >= 4 is 41.5 Å². The van der Waals surface area contributed by atoms with E-state index in [1.165, 1.54) is 38.5 Å². The first-order valence-corrected chi connectivity index (χ1v) is 11.5. The summed E-state index contributed by atoms with van der Waals surface area (Å²) in [5, 5.41) is 10.0. The van der Waals surface area contributed by atoms with Crippen LogP contribution in [0.25, 0.3) is 0 Å². The lowest BCUT2D eigenvalue weighted by Crippen LogP contribution is -2.46. The third kappa shape index (κ3) is 7.93. The van der Waals surface area contributed by atoms with Gasteiger partial charge in [0.25, 0.3) is 0 Å². The van der Waals surface area contributed by atoms with Crippen LogP contribution < -0.4 is 16.0 Å². The smallest absolute Gasteiger partial charge is 0.227 e. The topological polar surface area (TPSA) is 74.8 Å². The number of amides is 1. The Kier molecular flexibility index (Phi) is 11.1. The van der Waals surface area contributed by atoms with Gasteiger partial charge in [0.05, 0.1) is 0 Å². The van der Waals surface area contributed by atoms with Crippen LogP contribution in [0.2, 0.25) is 0 Å². The van der Waals surface area contributed by atoms with E-state index in [-0.39, 0.29) is 35.8 Å². The summed E-state index contributed by atoms with van der Waals surface area (Å²) in [6.07, 6.45) is 10.5. The number of rotatable bonds is 9. The molecular formula is C24H39IN4O2. The summed E-state index contributed by atoms with van der Waals surface area (Å²) in [4.78, 5) is 16.9. The van der Waals surface area contributed by atoms with Gasteiger partial charge in [-0.3, -0.25) is 9.79 Å². The molecule has 1 aromatic rings. The lowest BCUT2D eigenvalue weighted by atomic mass is 9.67. The fraction of sp³-hybridized carbons (Fsp3) is 0.667. The molecule has 0 unspecified atom stereocenters. The lowest BCUT2D eigenvalue weighted by Gasteiger charge is -2.42. The SMILES string of the molecule is CN=C(NCc1cccc(NC(=O)C2CCCCC2)c1)NCC1(CCOC)CCC1.I. The van der Waals surface area contributed by atoms with Gasteiger partial charge in [0.1, 0.15) is 0 Å². The largest absolute Gasteiger partial charge is 0.385 e. The van der Waals surface area contributed by atoms with Crippen LogP contribution >= 0.6 is 24.0 Å². The zero-order valence-electron chi connectivity index (χ0n) is 19.0. The summed E-state index contributed by atoms with van der Waals surface area (Å²) in [5.74, 6) is 1.15. The van der Waals surface area contributed by atoms with Crippen molar-refractivity contribution in [2.45, 2.75) is 64.3 Å². The van der Waals surface area contributed by atoms with Crippen LogP contribution in [0.5, 0.6) is 0 Å². The Hall–Kier alpha value is -1.35. The number of hydrogen-bond acceptors (Lipinski definition) is 3. The van der Waals surface area contributed by atoms with Gasteiger partial charge < -0.3 is 20.7 Å². The van der Waals surface area contributed by atoms with Gasteiger partial charge in [0.2, 0.25) is 5.91 Å². The van der Waals surface area contributed by atoms with E-state index in [4.69, 9.17) is 4.74 Å². The Morgan fingerprint density at radius 2 is 1.94 bits per heavy atom. The predicted molar refractivity (Wildman–Crippen MR) is 138 cm³/mol. The minimum atomic E-state index is 0. The maximum absolute atomic E-state index is 12.5. The molecule has 1 aromatic carbocycles. The van der Waals surface area contributed by atoms with E-state index in [9.17, 15) is 4.79 Å². The summed E-state index contributed by atoms with van der Waals surface area (Å²) in [7, 11) is 3.57. The van der Waals surface area contributed by atoms with E-state index in [0.29, 0.717) is 12.0 Å². The number of methoxy groups -OCH3 is 1. The molecule has 6 nitrogen and oxygen atoms in total. The maximum atomic E-state index is 12.5. The number of anilines is 1. The van der Waals surface area contributed by atoms with Crippen LogP contribution in [0.1, 0.15) is 63.4 Å². The average molecular weight is 543 g/mol. The number of carbonyl (C=O) groups excluding carboxylic acids is 1. The normalized spacial score (nSPS) is 18.5. The number of carbonyl (C=O) groups is 1. The number of guanidine groups is 1. The maximum Gasteiger partial charge on any atom is 0.227 e. The standard InChI is InChI=1S/C24H38N4O2.HI/c1-25-23(27-18-24(12-7-13-24)14-15-30-2)26-17-19-8-6-11-21(16-19)28-22(29)20-9-4-3-5-10-20;/h6,8,11,16,20H,3-5,7,9-10,12-15,17-18H2,1-2H3,(H,28,29)(H2,25,26,27);1H. The predicted octanol–water partition coefficient (Wildman–Crippen LogP) is 4.70. The zero-order chi connectivity index (χ0) is 21.2. The van der Waals surface area contributed by atoms with Gasteiger partial charge in [0.15, 0.2) is 5.96 Å². The van der Waals surface area contributed by atoms with Crippen molar-refractivity contribution in [1.29, 1.82) is 0 Å². The number of ether oxygens (including phenoxy) is 1. The summed E-state index contributed by atoms with van der Waals surface area (Å²) >= 11 is 0. The zero-order valence-corrected chi connectivity index (χ0v) is 21.4. The van der Waals surface area contributed by atoms with Crippen LogP contribution in [0.4, 0.5) is 5.69 Å². The number of hydrogen-bond donors (Lipinski definition) is 3. The number of benzene rings is 1. The van der Waals surface area contributed by atoms with E-state index in [1.54, 1.807) is 14.2 Å². The molecular weight excluding hydrogens is 503 g/mol. The molecule has 1 amide bonds. The Bertz CT molecular complexity index is 715. The molecule has 3 rings (SSSR count). The third-order valence-corrected chi connectivity index (χ3v) is 6.74. The first-order chi connectivity index (χ1) is 14.6. The highest BCUT2D eigenvalue weighted by Crippen LogP contribution is 2.43. The van der Waals surface area contributed by atoms with E-state index in [2.05, 4.69) is 27.0 Å². The van der Waals surface area contributed by atoms with E-state index < -0.39 is 0 Å². The van der Waals surface area contributed by atoms with Gasteiger partial charge in [-0.25, -0.2) is 0 Å². The van der Waals surface area contributed by atoms with Crippen LogP contribution in [-0.4, -0.2) is 39.2 Å². The van der Waals surface area contributed by atoms with Crippen molar-refractivity contribution in [3.63, 3.8) is 0 Å². The molecule has 7 heteroatoms. The highest BCUT2D eigenvalue weighted by Gasteiger charge is 2.36. The van der Waals surface area contributed by atoms with Gasteiger partial charge in [-0.2, -0.15) is 0 Å². The summed E-state index contributed by atoms with van der Waals surface area (Å²) < 4.78 is 5.29. The molecule has 2 fully saturated rings. The Morgan fingerprint density at radius 3 is 2.58 bits per heavy atom. The highest BCUT2D eigenvalue weighted by atomic mass is 127. The molecule has 31 heavy (non-hydrogen) atoms. The minimum absolute atomic E-state index is 0. The Labute approximate surface area is 204 Å². The number of nitrogens with one attached hydrogen (secondary N) is 3. The van der Waals surface area contributed by atoms with Crippen LogP contribution in [0, 0.1) is 11.3 Å². The molecule has 2 saturated carbocycles. The van der Waals surface area contributed by atoms with Gasteiger partial charge in [0, 0.05) is 45.5 Å². The molecule has 174 valence electrons. The summed E-state index contributed by atoms with van der Waals surface area (Å²) in [6, 6.07) is 8.08. The first-order valence-electron chi connectivity index (χ1n) is 11.5. The second-order valence-corrected chi connectivity index (χ2v) is 8.90. The monoisotopic (exact) mass is 542 g/mol. The molecule has 0 aliphatic heterocycles. The molecule has 3 N–H and O–H groups in total. The van der Waals surface area contributed by atoms with Gasteiger partial charge in [-0.15, -0.1) is 24.0 Å². The fourth-order valence-corrected chi connectivity index (χ4v) is 4.56. The molecule has 0 aromatic heterocycles. The minimum Gasteiger partial charge on any atom is -0.385 e. The Balaban J connectivity index is 0.00000341. The molecule has 0 heterocycles. The fourth-order valence-electron chi connectivity index (χ4n) is 4.56. The molecule has 0 radical (unpaired) electrons. The van der Waals surface area contributed by atoms with Crippen LogP contribution in [-0.2, 0) is 16.1 Å². The average Bonchev–Trinajstić information content (AvgIpc) is 2.75. The van der Waals surface area contributed by atoms with Crippen molar-refractivity contribution < 1.29 is 9.53 Å². The highest BCUT2D eigenvalue weighted by molar-refractivity contribution is 14.0. The molecule has 2 aliphatic carbocycles. The quantitative estimate of drug-likeness (QED) is 0.241. The van der Waals surface area contributed by atoms with Gasteiger partial charge in [-0.05, 0) is 55.2 Å².